The predicted octanol–water partition coefficient (Wildman–Crippen LogP) is 3.83. The average Bonchev–Trinajstić information content (AvgIpc) is 3.44. The molecule has 1 unspecified atom stereocenters. The Balaban J connectivity index is 1.43. The molecule has 31 heavy (non-hydrogen) atoms. The van der Waals surface area contributed by atoms with E-state index >= 15 is 0 Å². The third-order valence-electron chi connectivity index (χ3n) is 7.42. The summed E-state index contributed by atoms with van der Waals surface area (Å²) in [6, 6.07) is 1.74. The Labute approximate surface area is 184 Å². The first-order chi connectivity index (χ1) is 15.1. The molecule has 0 spiro atoms. The Morgan fingerprint density at radius 1 is 1.06 bits per heavy atom. The fourth-order valence-electron chi connectivity index (χ4n) is 5.73. The summed E-state index contributed by atoms with van der Waals surface area (Å²) in [6.07, 6.45) is 12.6. The quantitative estimate of drug-likeness (QED) is 0.749. The van der Waals surface area contributed by atoms with Gasteiger partial charge in [-0.3, -0.25) is 9.48 Å². The molecule has 0 N–H and O–H groups in total. The van der Waals surface area contributed by atoms with Gasteiger partial charge in [0.2, 0.25) is 0 Å². The number of carbonyl (C=O) groups is 1. The molecule has 7 nitrogen and oxygen atoms in total. The minimum Gasteiger partial charge on any atom is -0.356 e. The number of fused-ring (bicyclic) bond motifs is 1. The van der Waals surface area contributed by atoms with Crippen molar-refractivity contribution in [3.8, 4) is 0 Å². The van der Waals surface area contributed by atoms with Crippen molar-refractivity contribution in [3.05, 3.63) is 35.0 Å². The van der Waals surface area contributed by atoms with Crippen LogP contribution in [-0.4, -0.2) is 50.2 Å². The van der Waals surface area contributed by atoms with E-state index in [-0.39, 0.29) is 11.9 Å². The summed E-state index contributed by atoms with van der Waals surface area (Å²) in [5, 5.41) is 4.18. The summed E-state index contributed by atoms with van der Waals surface area (Å²) < 4.78 is 1.66. The van der Waals surface area contributed by atoms with Crippen LogP contribution in [0.15, 0.2) is 12.3 Å². The number of hydrogen-bond donors (Lipinski definition) is 0. The normalized spacial score (nSPS) is 22.1. The van der Waals surface area contributed by atoms with Gasteiger partial charge in [0.25, 0.3) is 5.91 Å². The number of amides is 1. The van der Waals surface area contributed by atoms with Crippen molar-refractivity contribution in [1.29, 1.82) is 0 Å². The molecule has 1 aliphatic carbocycles. The maximum Gasteiger partial charge on any atom is 0.272 e. The lowest BCUT2D eigenvalue weighted by molar-refractivity contribution is 0.0718. The molecule has 0 aromatic carbocycles. The molecule has 1 saturated carbocycles. The van der Waals surface area contributed by atoms with Crippen LogP contribution in [0, 0.1) is 12.8 Å². The Kier molecular flexibility index (Phi) is 5.67. The summed E-state index contributed by atoms with van der Waals surface area (Å²) in [7, 11) is 1.82. The van der Waals surface area contributed by atoms with Crippen LogP contribution in [0.1, 0.15) is 85.0 Å². The fraction of sp³-hybridized carbons (Fsp3) is 0.667. The van der Waals surface area contributed by atoms with E-state index in [2.05, 4.69) is 16.9 Å². The smallest absolute Gasteiger partial charge is 0.272 e. The maximum atomic E-state index is 13.2. The summed E-state index contributed by atoms with van der Waals surface area (Å²) >= 11 is 0. The van der Waals surface area contributed by atoms with Crippen LogP contribution in [0.5, 0.6) is 0 Å². The number of nitrogens with zero attached hydrogens (tertiary/aromatic N) is 6. The first kappa shape index (κ1) is 20.5. The molecule has 1 saturated heterocycles. The van der Waals surface area contributed by atoms with Gasteiger partial charge in [-0.2, -0.15) is 5.10 Å². The van der Waals surface area contributed by atoms with E-state index in [0.29, 0.717) is 5.69 Å². The second kappa shape index (κ2) is 8.60. The summed E-state index contributed by atoms with van der Waals surface area (Å²) in [4.78, 5) is 27.8. The van der Waals surface area contributed by atoms with Crippen molar-refractivity contribution in [2.24, 2.45) is 13.0 Å². The van der Waals surface area contributed by atoms with E-state index in [1.165, 1.54) is 44.1 Å². The van der Waals surface area contributed by atoms with Gasteiger partial charge in [0.15, 0.2) is 5.82 Å². The first-order valence-corrected chi connectivity index (χ1v) is 12.0. The number of aryl methyl sites for hydroxylation is 2. The first-order valence-electron chi connectivity index (χ1n) is 12.0. The monoisotopic (exact) mass is 422 g/mol. The van der Waals surface area contributed by atoms with Crippen molar-refractivity contribution in [1.82, 2.24) is 24.6 Å². The topological polar surface area (TPSA) is 67.2 Å². The SMILES string of the molecule is Cc1nc(C2CCCN2C(=O)c2ccnn2C)nc2c1CCCN2CC1CCCCC1. The van der Waals surface area contributed by atoms with Gasteiger partial charge in [-0.15, -0.1) is 0 Å². The number of aromatic nitrogens is 4. The summed E-state index contributed by atoms with van der Waals surface area (Å²) in [5.74, 6) is 2.77. The Bertz CT molecular complexity index is 948. The van der Waals surface area contributed by atoms with Crippen molar-refractivity contribution >= 4 is 11.7 Å². The summed E-state index contributed by atoms with van der Waals surface area (Å²) in [6.45, 7) is 5.07. The Morgan fingerprint density at radius 3 is 2.68 bits per heavy atom. The van der Waals surface area contributed by atoms with E-state index in [0.717, 1.165) is 62.2 Å². The van der Waals surface area contributed by atoms with Gasteiger partial charge in [-0.1, -0.05) is 19.3 Å². The molecule has 2 fully saturated rings. The number of hydrogen-bond acceptors (Lipinski definition) is 5. The zero-order valence-corrected chi connectivity index (χ0v) is 18.9. The van der Waals surface area contributed by atoms with Gasteiger partial charge >= 0.3 is 0 Å². The van der Waals surface area contributed by atoms with Crippen LogP contribution in [0.3, 0.4) is 0 Å². The highest BCUT2D eigenvalue weighted by molar-refractivity contribution is 5.93. The van der Waals surface area contributed by atoms with Crippen LogP contribution < -0.4 is 4.90 Å². The van der Waals surface area contributed by atoms with Gasteiger partial charge in [0.05, 0.1) is 6.04 Å². The number of anilines is 1. The zero-order chi connectivity index (χ0) is 21.4. The third kappa shape index (κ3) is 3.94. The van der Waals surface area contributed by atoms with E-state index < -0.39 is 0 Å². The molecule has 1 atom stereocenters. The van der Waals surface area contributed by atoms with Crippen LogP contribution >= 0.6 is 0 Å². The van der Waals surface area contributed by atoms with Crippen LogP contribution in [-0.2, 0) is 13.5 Å². The van der Waals surface area contributed by atoms with Crippen LogP contribution in [0.25, 0.3) is 0 Å². The number of carbonyl (C=O) groups excluding carboxylic acids is 1. The molecule has 0 radical (unpaired) electrons. The molecular formula is C24H34N6O. The summed E-state index contributed by atoms with van der Waals surface area (Å²) in [5.41, 5.74) is 3.03. The predicted molar refractivity (Wildman–Crippen MR) is 120 cm³/mol. The number of rotatable bonds is 4. The highest BCUT2D eigenvalue weighted by Crippen LogP contribution is 2.36. The number of likely N-dealkylation sites (tertiary alicyclic amines) is 1. The molecule has 2 aromatic heterocycles. The van der Waals surface area contributed by atoms with Crippen LogP contribution in [0.4, 0.5) is 5.82 Å². The average molecular weight is 423 g/mol. The van der Waals surface area contributed by atoms with E-state index in [1.54, 1.807) is 16.9 Å². The molecular weight excluding hydrogens is 388 g/mol. The van der Waals surface area contributed by atoms with E-state index in [4.69, 9.17) is 9.97 Å². The van der Waals surface area contributed by atoms with Gasteiger partial charge in [0, 0.05) is 44.1 Å². The van der Waals surface area contributed by atoms with Crippen molar-refractivity contribution in [2.45, 2.75) is 70.8 Å². The van der Waals surface area contributed by atoms with Gasteiger partial charge in [-0.05, 0) is 57.4 Å². The fourth-order valence-corrected chi connectivity index (χ4v) is 5.73. The molecule has 2 aromatic rings. The van der Waals surface area contributed by atoms with Crippen LogP contribution in [0.2, 0.25) is 0 Å². The highest BCUT2D eigenvalue weighted by Gasteiger charge is 2.35. The van der Waals surface area contributed by atoms with Crippen molar-refractivity contribution in [3.63, 3.8) is 0 Å². The second-order valence-electron chi connectivity index (χ2n) is 9.52. The molecule has 1 amide bonds. The maximum absolute atomic E-state index is 13.2. The third-order valence-corrected chi connectivity index (χ3v) is 7.42. The van der Waals surface area contributed by atoms with Crippen molar-refractivity contribution in [2.75, 3.05) is 24.5 Å². The van der Waals surface area contributed by atoms with E-state index in [9.17, 15) is 4.79 Å². The zero-order valence-electron chi connectivity index (χ0n) is 18.9. The highest BCUT2D eigenvalue weighted by atomic mass is 16.2. The lowest BCUT2D eigenvalue weighted by atomic mass is 9.88. The minimum absolute atomic E-state index is 0.0283. The van der Waals surface area contributed by atoms with Gasteiger partial charge < -0.3 is 9.80 Å². The molecule has 0 bridgehead atoms. The van der Waals surface area contributed by atoms with Gasteiger partial charge in [0.1, 0.15) is 11.5 Å². The molecule has 3 aliphatic rings. The lowest BCUT2D eigenvalue weighted by Gasteiger charge is -2.35. The Hall–Kier alpha value is -2.44. The molecule has 166 valence electrons. The lowest BCUT2D eigenvalue weighted by Crippen LogP contribution is -2.37. The van der Waals surface area contributed by atoms with Gasteiger partial charge in [-0.25, -0.2) is 9.97 Å². The largest absolute Gasteiger partial charge is 0.356 e. The van der Waals surface area contributed by atoms with E-state index in [1.807, 2.05) is 11.9 Å². The second-order valence-corrected chi connectivity index (χ2v) is 9.52. The molecule has 2 aliphatic heterocycles. The minimum atomic E-state index is -0.0511. The standard InChI is InChI=1S/C24H34N6O/c1-17-19-10-6-14-29(16-18-8-4-3-5-9-18)23(19)27-22(26-17)20-11-7-15-30(20)24(31)21-12-13-25-28(21)2/h12-13,18,20H,3-11,14-16H2,1-2H3. The molecule has 7 heteroatoms. The van der Waals surface area contributed by atoms with Crippen molar-refractivity contribution < 1.29 is 4.79 Å². The Morgan fingerprint density at radius 2 is 1.90 bits per heavy atom. The molecule has 4 heterocycles. The molecule has 5 rings (SSSR count).